The molecule has 4 nitrogen and oxygen atoms in total. The summed E-state index contributed by atoms with van der Waals surface area (Å²) in [5.74, 6) is 0.892. The lowest BCUT2D eigenvalue weighted by Gasteiger charge is -2.32. The van der Waals surface area contributed by atoms with Gasteiger partial charge in [-0.05, 0) is 48.7 Å². The molecule has 1 atom stereocenters. The lowest BCUT2D eigenvalue weighted by molar-refractivity contribution is -0.131. The number of aromatic nitrogens is 1. The number of amides is 1. The lowest BCUT2D eigenvalue weighted by atomic mass is 9.93. The van der Waals surface area contributed by atoms with E-state index in [2.05, 4.69) is 12.1 Å². The zero-order valence-corrected chi connectivity index (χ0v) is 17.8. The Morgan fingerprint density at radius 3 is 2.71 bits per heavy atom. The third kappa shape index (κ3) is 5.29. The van der Waals surface area contributed by atoms with Gasteiger partial charge in [0.1, 0.15) is 11.6 Å². The van der Waals surface area contributed by atoms with Crippen LogP contribution >= 0.6 is 0 Å². The molecular weight excluding hydrogens is 391 g/mol. The van der Waals surface area contributed by atoms with Gasteiger partial charge >= 0.3 is 0 Å². The van der Waals surface area contributed by atoms with Gasteiger partial charge in [0, 0.05) is 42.4 Å². The number of rotatable bonds is 6. The highest BCUT2D eigenvalue weighted by Gasteiger charge is 2.25. The van der Waals surface area contributed by atoms with E-state index >= 15 is 0 Å². The molecule has 0 bridgehead atoms. The van der Waals surface area contributed by atoms with Crippen LogP contribution in [0.2, 0.25) is 0 Å². The number of hydrogen-bond acceptors (Lipinski definition) is 3. The van der Waals surface area contributed by atoms with Crippen LogP contribution in [0.4, 0.5) is 4.39 Å². The number of ether oxygens (including phenoxy) is 1. The van der Waals surface area contributed by atoms with Gasteiger partial charge in [0.25, 0.3) is 0 Å². The van der Waals surface area contributed by atoms with Crippen LogP contribution in [0.3, 0.4) is 0 Å². The van der Waals surface area contributed by atoms with E-state index in [1.54, 1.807) is 19.2 Å². The highest BCUT2D eigenvalue weighted by Crippen LogP contribution is 2.27. The van der Waals surface area contributed by atoms with E-state index in [0.29, 0.717) is 19.4 Å². The van der Waals surface area contributed by atoms with Gasteiger partial charge < -0.3 is 9.64 Å². The number of piperidine rings is 1. The van der Waals surface area contributed by atoms with Gasteiger partial charge in [0.05, 0.1) is 13.5 Å². The number of nitrogens with zero attached hydrogens (tertiary/aromatic N) is 2. The molecule has 1 aliphatic heterocycles. The number of para-hydroxylation sites is 1. The van der Waals surface area contributed by atoms with Crippen molar-refractivity contribution in [3.63, 3.8) is 0 Å². The van der Waals surface area contributed by atoms with Crippen molar-refractivity contribution in [2.45, 2.75) is 31.6 Å². The molecule has 1 fully saturated rings. The first-order chi connectivity index (χ1) is 15.1. The van der Waals surface area contributed by atoms with Gasteiger partial charge in [-0.25, -0.2) is 4.39 Å². The highest BCUT2D eigenvalue weighted by molar-refractivity contribution is 5.79. The quantitative estimate of drug-likeness (QED) is 0.579. The summed E-state index contributed by atoms with van der Waals surface area (Å²) >= 11 is 0. The van der Waals surface area contributed by atoms with E-state index in [4.69, 9.17) is 9.72 Å². The first-order valence-electron chi connectivity index (χ1n) is 10.7. The van der Waals surface area contributed by atoms with Gasteiger partial charge in [0.2, 0.25) is 5.91 Å². The molecule has 5 heteroatoms. The van der Waals surface area contributed by atoms with Gasteiger partial charge in [-0.15, -0.1) is 0 Å². The summed E-state index contributed by atoms with van der Waals surface area (Å²) in [5.41, 5.74) is 3.98. The van der Waals surface area contributed by atoms with Crippen molar-refractivity contribution < 1.29 is 13.9 Å². The molecule has 4 rings (SSSR count). The maximum absolute atomic E-state index is 13.1. The largest absolute Gasteiger partial charge is 0.496 e. The zero-order valence-electron chi connectivity index (χ0n) is 17.8. The second-order valence-electron chi connectivity index (χ2n) is 8.02. The van der Waals surface area contributed by atoms with Gasteiger partial charge in [-0.3, -0.25) is 9.78 Å². The molecule has 2 heterocycles. The second kappa shape index (κ2) is 9.73. The number of hydrogen-bond donors (Lipinski definition) is 0. The molecule has 0 N–H and O–H groups in total. The number of carbonyl (C=O) groups is 1. The van der Waals surface area contributed by atoms with Crippen molar-refractivity contribution in [2.75, 3.05) is 20.2 Å². The van der Waals surface area contributed by atoms with Crippen LogP contribution in [-0.2, 0) is 17.6 Å². The Balaban J connectivity index is 1.44. The van der Waals surface area contributed by atoms with Crippen LogP contribution in [0, 0.1) is 5.82 Å². The van der Waals surface area contributed by atoms with Crippen molar-refractivity contribution >= 4 is 5.91 Å². The number of likely N-dealkylation sites (tertiary alicyclic amines) is 1. The van der Waals surface area contributed by atoms with Crippen LogP contribution in [-0.4, -0.2) is 36.0 Å². The molecular formula is C26H27FN2O2. The second-order valence-corrected chi connectivity index (χ2v) is 8.02. The molecule has 0 aliphatic carbocycles. The smallest absolute Gasteiger partial charge is 0.227 e. The van der Waals surface area contributed by atoms with E-state index in [-0.39, 0.29) is 17.6 Å². The average molecular weight is 419 g/mol. The molecule has 0 saturated carbocycles. The van der Waals surface area contributed by atoms with Crippen molar-refractivity contribution in [2.24, 2.45) is 0 Å². The molecule has 1 saturated heterocycles. The topological polar surface area (TPSA) is 42.4 Å². The molecule has 1 aromatic heterocycles. The minimum absolute atomic E-state index is 0.0847. The summed E-state index contributed by atoms with van der Waals surface area (Å²) in [6.07, 6.45) is 2.98. The fourth-order valence-electron chi connectivity index (χ4n) is 4.20. The van der Waals surface area contributed by atoms with Gasteiger partial charge in [-0.2, -0.15) is 0 Å². The Morgan fingerprint density at radius 1 is 1.10 bits per heavy atom. The molecule has 1 amide bonds. The third-order valence-electron chi connectivity index (χ3n) is 5.85. The van der Waals surface area contributed by atoms with Crippen LogP contribution in [0.25, 0.3) is 0 Å². The van der Waals surface area contributed by atoms with E-state index in [0.717, 1.165) is 47.7 Å². The Labute approximate surface area is 182 Å². The Kier molecular flexibility index (Phi) is 6.60. The summed E-state index contributed by atoms with van der Waals surface area (Å²) < 4.78 is 18.6. The minimum Gasteiger partial charge on any atom is -0.496 e. The van der Waals surface area contributed by atoms with Crippen molar-refractivity contribution in [1.82, 2.24) is 9.88 Å². The number of carbonyl (C=O) groups excluding carboxylic acids is 1. The summed E-state index contributed by atoms with van der Waals surface area (Å²) in [7, 11) is 1.68. The maximum Gasteiger partial charge on any atom is 0.227 e. The molecule has 3 aromatic rings. The van der Waals surface area contributed by atoms with E-state index in [1.807, 2.05) is 35.2 Å². The Bertz CT molecular complexity index is 1040. The lowest BCUT2D eigenvalue weighted by Crippen LogP contribution is -2.40. The first-order valence-corrected chi connectivity index (χ1v) is 10.7. The van der Waals surface area contributed by atoms with E-state index in [1.165, 1.54) is 12.1 Å². The maximum atomic E-state index is 13.1. The number of methoxy groups -OCH3 is 1. The predicted molar refractivity (Wildman–Crippen MR) is 119 cm³/mol. The summed E-state index contributed by atoms with van der Waals surface area (Å²) in [5, 5.41) is 0. The van der Waals surface area contributed by atoms with Crippen LogP contribution in [0.5, 0.6) is 5.75 Å². The molecule has 1 aliphatic rings. The molecule has 0 spiro atoms. The molecule has 0 unspecified atom stereocenters. The van der Waals surface area contributed by atoms with Crippen LogP contribution in [0.1, 0.15) is 41.3 Å². The van der Waals surface area contributed by atoms with E-state index in [9.17, 15) is 9.18 Å². The van der Waals surface area contributed by atoms with Crippen molar-refractivity contribution in [3.8, 4) is 5.75 Å². The predicted octanol–water partition coefficient (Wildman–Crippen LogP) is 4.77. The number of benzene rings is 2. The molecule has 2 aromatic carbocycles. The zero-order chi connectivity index (χ0) is 21.6. The van der Waals surface area contributed by atoms with Gasteiger partial charge in [-0.1, -0.05) is 36.4 Å². The highest BCUT2D eigenvalue weighted by atomic mass is 19.1. The normalized spacial score (nSPS) is 16.2. The SMILES string of the molecule is COc1ccccc1Cc1cccc([C@H]2CCCN(C(=O)Cc3ccc(F)cc3)C2)n1. The fraction of sp³-hybridized carbons (Fsp3) is 0.308. The minimum atomic E-state index is -0.284. The third-order valence-corrected chi connectivity index (χ3v) is 5.85. The Hall–Kier alpha value is -3.21. The molecule has 0 radical (unpaired) electrons. The monoisotopic (exact) mass is 418 g/mol. The molecule has 31 heavy (non-hydrogen) atoms. The standard InChI is InChI=1S/C26H27FN2O2/c1-31-25-10-3-2-6-20(25)17-23-8-4-9-24(28-23)21-7-5-15-29(18-21)26(30)16-19-11-13-22(27)14-12-19/h2-4,6,8-14,21H,5,7,15-18H2,1H3/t21-/m0/s1. The number of pyridine rings is 1. The van der Waals surface area contributed by atoms with Gasteiger partial charge in [0.15, 0.2) is 0 Å². The fourth-order valence-corrected chi connectivity index (χ4v) is 4.20. The molecule has 160 valence electrons. The Morgan fingerprint density at radius 2 is 1.90 bits per heavy atom. The summed E-state index contributed by atoms with van der Waals surface area (Å²) in [4.78, 5) is 19.6. The van der Waals surface area contributed by atoms with Crippen molar-refractivity contribution in [3.05, 3.63) is 95.1 Å². The first kappa shape index (κ1) is 21.0. The average Bonchev–Trinajstić information content (AvgIpc) is 2.81. The van der Waals surface area contributed by atoms with Crippen LogP contribution in [0.15, 0.2) is 66.7 Å². The summed E-state index contributed by atoms with van der Waals surface area (Å²) in [6.45, 7) is 1.43. The van der Waals surface area contributed by atoms with E-state index < -0.39 is 0 Å². The summed E-state index contributed by atoms with van der Waals surface area (Å²) in [6, 6.07) is 20.3. The van der Waals surface area contributed by atoms with Crippen LogP contribution < -0.4 is 4.74 Å². The number of halogens is 1. The van der Waals surface area contributed by atoms with Crippen molar-refractivity contribution in [1.29, 1.82) is 0 Å².